The van der Waals surface area contributed by atoms with Crippen molar-refractivity contribution < 1.29 is 24.2 Å². The molecular weight excluding hydrogens is 348 g/mol. The summed E-state index contributed by atoms with van der Waals surface area (Å²) in [6.45, 7) is 1.93. The molecule has 2 fully saturated rings. The fraction of sp³-hybridized carbons (Fsp3) is 0.550. The van der Waals surface area contributed by atoms with Crippen molar-refractivity contribution >= 4 is 17.8 Å². The maximum absolute atomic E-state index is 13.2. The van der Waals surface area contributed by atoms with Crippen LogP contribution in [0.1, 0.15) is 43.4 Å². The zero-order valence-electron chi connectivity index (χ0n) is 15.6. The Labute approximate surface area is 157 Å². The molecule has 0 spiro atoms. The molecule has 0 radical (unpaired) electrons. The molecule has 2 saturated heterocycles. The summed E-state index contributed by atoms with van der Waals surface area (Å²) < 4.78 is 5.30. The van der Waals surface area contributed by atoms with Crippen LogP contribution in [0.3, 0.4) is 0 Å². The first-order chi connectivity index (χ1) is 12.9. The minimum atomic E-state index is -0.967. The van der Waals surface area contributed by atoms with Gasteiger partial charge in [0, 0.05) is 13.5 Å². The van der Waals surface area contributed by atoms with Crippen LogP contribution in [0, 0.1) is 5.92 Å². The Balaban J connectivity index is 1.64. The number of likely N-dealkylation sites (tertiary alicyclic amines) is 2. The van der Waals surface area contributed by atoms with E-state index in [2.05, 4.69) is 0 Å². The van der Waals surface area contributed by atoms with Crippen LogP contribution in [0.5, 0.6) is 5.75 Å². The van der Waals surface area contributed by atoms with Crippen molar-refractivity contribution in [3.63, 3.8) is 0 Å². The fourth-order valence-corrected chi connectivity index (χ4v) is 5.12. The highest BCUT2D eigenvalue weighted by molar-refractivity contribution is 5.91. The van der Waals surface area contributed by atoms with E-state index in [0.717, 1.165) is 23.3 Å². The van der Waals surface area contributed by atoms with Crippen LogP contribution in [0.4, 0.5) is 0 Å². The van der Waals surface area contributed by atoms with Gasteiger partial charge in [0.25, 0.3) is 0 Å². The van der Waals surface area contributed by atoms with E-state index in [1.807, 2.05) is 18.2 Å². The third-order valence-electron chi connectivity index (χ3n) is 6.23. The normalized spacial score (nSPS) is 28.8. The molecular formula is C20H24N2O5. The maximum Gasteiger partial charge on any atom is 0.326 e. The van der Waals surface area contributed by atoms with Gasteiger partial charge in [0.05, 0.1) is 13.2 Å². The van der Waals surface area contributed by atoms with E-state index in [4.69, 9.17) is 4.74 Å². The van der Waals surface area contributed by atoms with Crippen LogP contribution in [0.2, 0.25) is 0 Å². The number of benzene rings is 1. The van der Waals surface area contributed by atoms with Gasteiger partial charge in [-0.25, -0.2) is 4.79 Å². The summed E-state index contributed by atoms with van der Waals surface area (Å²) >= 11 is 0. The molecule has 1 aromatic rings. The van der Waals surface area contributed by atoms with Crippen molar-refractivity contribution in [2.45, 2.75) is 50.7 Å². The SMILES string of the molecule is COc1ccc2c(c1)C[C@@H]1C[C@@H](C(=O)N3CCC[C@H]3C(=O)O)N(C(C)=O)[C@H]21. The maximum atomic E-state index is 13.2. The number of amides is 2. The second-order valence-corrected chi connectivity index (χ2v) is 7.68. The summed E-state index contributed by atoms with van der Waals surface area (Å²) in [4.78, 5) is 40.3. The third kappa shape index (κ3) is 2.76. The van der Waals surface area contributed by atoms with E-state index in [-0.39, 0.29) is 23.8 Å². The van der Waals surface area contributed by atoms with Crippen molar-refractivity contribution in [2.24, 2.45) is 5.92 Å². The number of aliphatic carboxylic acids is 1. The number of methoxy groups -OCH3 is 1. The molecule has 7 nitrogen and oxygen atoms in total. The van der Waals surface area contributed by atoms with E-state index in [1.54, 1.807) is 12.0 Å². The molecule has 1 N–H and O–H groups in total. The largest absolute Gasteiger partial charge is 0.497 e. The van der Waals surface area contributed by atoms with Crippen molar-refractivity contribution in [1.82, 2.24) is 9.80 Å². The van der Waals surface area contributed by atoms with Gasteiger partial charge in [0.1, 0.15) is 17.8 Å². The Morgan fingerprint density at radius 1 is 1.22 bits per heavy atom. The van der Waals surface area contributed by atoms with E-state index >= 15 is 0 Å². The highest BCUT2D eigenvalue weighted by atomic mass is 16.5. The molecule has 2 aliphatic heterocycles. The minimum absolute atomic E-state index is 0.122. The van der Waals surface area contributed by atoms with Gasteiger partial charge in [-0.1, -0.05) is 6.07 Å². The van der Waals surface area contributed by atoms with Gasteiger partial charge in [-0.3, -0.25) is 9.59 Å². The van der Waals surface area contributed by atoms with E-state index < -0.39 is 18.1 Å². The molecule has 27 heavy (non-hydrogen) atoms. The number of rotatable bonds is 3. The number of nitrogens with zero attached hydrogens (tertiary/aromatic N) is 2. The molecule has 2 heterocycles. The van der Waals surface area contributed by atoms with Crippen LogP contribution in [0.15, 0.2) is 18.2 Å². The average molecular weight is 372 g/mol. The first-order valence-electron chi connectivity index (χ1n) is 9.41. The van der Waals surface area contributed by atoms with E-state index in [0.29, 0.717) is 25.8 Å². The lowest BCUT2D eigenvalue weighted by atomic mass is 9.99. The number of fused-ring (bicyclic) bond motifs is 3. The quantitative estimate of drug-likeness (QED) is 0.871. The predicted octanol–water partition coefficient (Wildman–Crippen LogP) is 1.60. The molecule has 0 saturated carbocycles. The topological polar surface area (TPSA) is 87.2 Å². The molecule has 3 aliphatic rings. The summed E-state index contributed by atoms with van der Waals surface area (Å²) in [6.07, 6.45) is 2.53. The van der Waals surface area contributed by atoms with Gasteiger partial charge in [-0.2, -0.15) is 0 Å². The Kier molecular flexibility index (Phi) is 4.32. The zero-order valence-corrected chi connectivity index (χ0v) is 15.6. The van der Waals surface area contributed by atoms with Gasteiger partial charge >= 0.3 is 5.97 Å². The molecule has 1 aliphatic carbocycles. The highest BCUT2D eigenvalue weighted by Gasteiger charge is 2.52. The average Bonchev–Trinajstić information content (AvgIpc) is 3.32. The Morgan fingerprint density at radius 3 is 2.67 bits per heavy atom. The van der Waals surface area contributed by atoms with Crippen LogP contribution >= 0.6 is 0 Å². The van der Waals surface area contributed by atoms with Crippen LogP contribution in [-0.2, 0) is 20.8 Å². The summed E-state index contributed by atoms with van der Waals surface area (Å²) in [5.74, 6) is -0.367. The van der Waals surface area contributed by atoms with Crippen molar-refractivity contribution in [3.05, 3.63) is 29.3 Å². The summed E-state index contributed by atoms with van der Waals surface area (Å²) in [6, 6.07) is 4.40. The number of carbonyl (C=O) groups excluding carboxylic acids is 2. The van der Waals surface area contributed by atoms with Crippen LogP contribution in [-0.4, -0.2) is 58.4 Å². The summed E-state index contributed by atoms with van der Waals surface area (Å²) in [7, 11) is 1.63. The van der Waals surface area contributed by atoms with E-state index in [1.165, 1.54) is 11.8 Å². The van der Waals surface area contributed by atoms with Crippen LogP contribution in [0.25, 0.3) is 0 Å². The Hall–Kier alpha value is -2.57. The number of carboxylic acid groups (broad SMARTS) is 1. The molecule has 4 atom stereocenters. The first kappa shape index (κ1) is 17.8. The number of hydrogen-bond acceptors (Lipinski definition) is 4. The molecule has 2 amide bonds. The molecule has 0 aromatic heterocycles. The van der Waals surface area contributed by atoms with Crippen molar-refractivity contribution in [2.75, 3.05) is 13.7 Å². The molecule has 0 bridgehead atoms. The van der Waals surface area contributed by atoms with Crippen LogP contribution < -0.4 is 4.74 Å². The second-order valence-electron chi connectivity index (χ2n) is 7.68. The Bertz CT molecular complexity index is 808. The smallest absolute Gasteiger partial charge is 0.326 e. The van der Waals surface area contributed by atoms with Gasteiger partial charge in [0.15, 0.2) is 0 Å². The number of carbonyl (C=O) groups is 3. The standard InChI is InChI=1S/C20H24N2O5/c1-11(23)22-17(19(24)21-7-3-4-16(21)20(25)26)10-13-8-12-9-14(27-2)5-6-15(12)18(13)22/h5-6,9,13,16-18H,3-4,7-8,10H2,1-2H3,(H,25,26)/t13-,16+,17+,18+/m1/s1. The monoisotopic (exact) mass is 372 g/mol. The van der Waals surface area contributed by atoms with Gasteiger partial charge in [-0.15, -0.1) is 0 Å². The summed E-state index contributed by atoms with van der Waals surface area (Å²) in [5.41, 5.74) is 2.23. The summed E-state index contributed by atoms with van der Waals surface area (Å²) in [5, 5.41) is 9.41. The van der Waals surface area contributed by atoms with Crippen molar-refractivity contribution in [1.29, 1.82) is 0 Å². The Morgan fingerprint density at radius 2 is 2.00 bits per heavy atom. The third-order valence-corrected chi connectivity index (χ3v) is 6.23. The van der Waals surface area contributed by atoms with E-state index in [9.17, 15) is 19.5 Å². The molecule has 7 heteroatoms. The number of hydrogen-bond donors (Lipinski definition) is 1. The van der Waals surface area contributed by atoms with Gasteiger partial charge < -0.3 is 19.6 Å². The molecule has 1 aromatic carbocycles. The highest BCUT2D eigenvalue weighted by Crippen LogP contribution is 2.50. The minimum Gasteiger partial charge on any atom is -0.497 e. The predicted molar refractivity (Wildman–Crippen MR) is 96.2 cm³/mol. The fourth-order valence-electron chi connectivity index (χ4n) is 5.12. The molecule has 144 valence electrons. The van der Waals surface area contributed by atoms with Gasteiger partial charge in [0.2, 0.25) is 11.8 Å². The lowest BCUT2D eigenvalue weighted by Gasteiger charge is -2.32. The van der Waals surface area contributed by atoms with Gasteiger partial charge in [-0.05, 0) is 54.9 Å². The van der Waals surface area contributed by atoms with Crippen molar-refractivity contribution in [3.8, 4) is 5.75 Å². The molecule has 0 unspecified atom stereocenters. The lowest BCUT2D eigenvalue weighted by Crippen LogP contribution is -2.51. The number of ether oxygens (including phenoxy) is 1. The molecule has 4 rings (SSSR count). The lowest BCUT2D eigenvalue weighted by molar-refractivity contribution is -0.152. The zero-order chi connectivity index (χ0) is 19.3. The second kappa shape index (κ2) is 6.55. The first-order valence-corrected chi connectivity index (χ1v) is 9.41. The number of carboxylic acids is 1.